The van der Waals surface area contributed by atoms with Crippen molar-refractivity contribution in [2.75, 3.05) is 37.4 Å². The fourth-order valence-electron chi connectivity index (χ4n) is 4.80. The van der Waals surface area contributed by atoms with Crippen LogP contribution in [0.4, 0.5) is 20.6 Å². The Balaban J connectivity index is 1.62. The van der Waals surface area contributed by atoms with Gasteiger partial charge in [-0.25, -0.2) is 17.6 Å². The van der Waals surface area contributed by atoms with Gasteiger partial charge in [-0.15, -0.1) is 0 Å². The third-order valence-corrected chi connectivity index (χ3v) is 9.24. The molecule has 0 radical (unpaired) electrons. The molecule has 3 N–H and O–H groups in total. The smallest absolute Gasteiger partial charge is 0.323 e. The minimum absolute atomic E-state index is 0.0659. The number of carbonyl (C=O) groups excluding carboxylic acids is 2. The first kappa shape index (κ1) is 31.9. The Hall–Kier alpha value is -4.01. The maximum Gasteiger partial charge on any atom is 0.323 e. The van der Waals surface area contributed by atoms with Gasteiger partial charge in [0.15, 0.2) is 5.76 Å². The van der Waals surface area contributed by atoms with Crippen molar-refractivity contribution in [1.82, 2.24) is 14.4 Å². The molecule has 0 saturated carbocycles. The highest BCUT2D eigenvalue weighted by atomic mass is 32.2. The Morgan fingerprint density at radius 2 is 1.91 bits per heavy atom. The first-order valence-corrected chi connectivity index (χ1v) is 15.2. The third kappa shape index (κ3) is 7.32. The third-order valence-electron chi connectivity index (χ3n) is 7.41. The van der Waals surface area contributed by atoms with Gasteiger partial charge in [-0.1, -0.05) is 12.1 Å². The van der Waals surface area contributed by atoms with Gasteiger partial charge in [0.2, 0.25) is 15.9 Å². The summed E-state index contributed by atoms with van der Waals surface area (Å²) in [7, 11) is -2.57. The molecule has 4 rings (SSSR count). The highest BCUT2D eigenvalue weighted by Crippen LogP contribution is 2.30. The van der Waals surface area contributed by atoms with Crippen molar-refractivity contribution in [2.24, 2.45) is 5.92 Å². The number of anilines is 2. The number of halogens is 1. The second-order valence-corrected chi connectivity index (χ2v) is 12.8. The number of carbonyl (C=O) groups is 2. The number of benzene rings is 2. The largest absolute Gasteiger partial charge is 0.488 e. The first-order valence-electron chi connectivity index (χ1n) is 13.7. The lowest BCUT2D eigenvalue weighted by Gasteiger charge is -2.33. The van der Waals surface area contributed by atoms with Gasteiger partial charge in [-0.2, -0.15) is 4.31 Å². The van der Waals surface area contributed by atoms with Gasteiger partial charge in [0.25, 0.3) is 0 Å². The summed E-state index contributed by atoms with van der Waals surface area (Å²) in [5, 5.41) is 19.1. The molecule has 0 unspecified atom stereocenters. The quantitative estimate of drug-likeness (QED) is 0.347. The van der Waals surface area contributed by atoms with Gasteiger partial charge < -0.3 is 29.9 Å². The Labute approximate surface area is 249 Å². The Bertz CT molecular complexity index is 1560. The summed E-state index contributed by atoms with van der Waals surface area (Å²) >= 11 is 0. The van der Waals surface area contributed by atoms with E-state index in [1.807, 2.05) is 6.92 Å². The van der Waals surface area contributed by atoms with Crippen LogP contribution in [0.25, 0.3) is 0 Å². The zero-order valence-electron chi connectivity index (χ0n) is 24.6. The molecule has 0 bridgehead atoms. The van der Waals surface area contributed by atoms with E-state index in [-0.39, 0.29) is 42.8 Å². The molecule has 43 heavy (non-hydrogen) atoms. The molecule has 3 amide bonds. The summed E-state index contributed by atoms with van der Waals surface area (Å²) < 4.78 is 52.5. The van der Waals surface area contributed by atoms with Crippen LogP contribution in [0.5, 0.6) is 5.75 Å². The highest BCUT2D eigenvalue weighted by Gasteiger charge is 2.33. The summed E-state index contributed by atoms with van der Waals surface area (Å²) in [6, 6.07) is 8.36. The minimum Gasteiger partial charge on any atom is -0.488 e. The number of hydrogen-bond donors (Lipinski definition) is 3. The molecule has 3 atom stereocenters. The van der Waals surface area contributed by atoms with Gasteiger partial charge in [-0.3, -0.25) is 4.79 Å². The number of nitrogens with zero attached hydrogens (tertiary/aromatic N) is 3. The molecule has 14 heteroatoms. The lowest BCUT2D eigenvalue weighted by molar-refractivity contribution is -0.134. The topological polar surface area (TPSA) is 154 Å². The number of aliphatic hydroxyl groups is 1. The number of rotatable bonds is 8. The second-order valence-electron chi connectivity index (χ2n) is 10.7. The molecule has 2 aromatic carbocycles. The van der Waals surface area contributed by atoms with Crippen molar-refractivity contribution in [3.8, 4) is 5.75 Å². The lowest BCUT2D eigenvalue weighted by Crippen LogP contribution is -2.48. The Morgan fingerprint density at radius 3 is 2.53 bits per heavy atom. The fourth-order valence-corrected chi connectivity index (χ4v) is 5.98. The van der Waals surface area contributed by atoms with E-state index in [0.29, 0.717) is 34.1 Å². The van der Waals surface area contributed by atoms with E-state index in [2.05, 4.69) is 15.8 Å². The van der Waals surface area contributed by atoms with Gasteiger partial charge in [0.05, 0.1) is 30.5 Å². The van der Waals surface area contributed by atoms with Gasteiger partial charge >= 0.3 is 6.03 Å². The van der Waals surface area contributed by atoms with E-state index in [0.717, 1.165) is 16.4 Å². The zero-order valence-corrected chi connectivity index (χ0v) is 25.4. The summed E-state index contributed by atoms with van der Waals surface area (Å²) in [5.74, 6) is -0.361. The van der Waals surface area contributed by atoms with E-state index < -0.39 is 34.0 Å². The first-order chi connectivity index (χ1) is 20.3. The summed E-state index contributed by atoms with van der Waals surface area (Å²) in [4.78, 5) is 27.7. The van der Waals surface area contributed by atoms with E-state index in [1.54, 1.807) is 43.9 Å². The van der Waals surface area contributed by atoms with Gasteiger partial charge in [-0.05, 0) is 63.2 Å². The van der Waals surface area contributed by atoms with Crippen LogP contribution < -0.4 is 15.4 Å². The number of hydrogen-bond acceptors (Lipinski definition) is 8. The number of nitrogens with one attached hydrogen (secondary N) is 2. The number of aliphatic hydroxyl groups excluding tert-OH is 1. The summed E-state index contributed by atoms with van der Waals surface area (Å²) in [6.07, 6.45) is -0.788. The van der Waals surface area contributed by atoms with E-state index >= 15 is 0 Å². The molecule has 232 valence electrons. The average molecular weight is 618 g/mol. The highest BCUT2D eigenvalue weighted by molar-refractivity contribution is 7.89. The number of sulfonamides is 1. The summed E-state index contributed by atoms with van der Waals surface area (Å²) in [6.45, 7) is 6.80. The van der Waals surface area contributed by atoms with E-state index in [4.69, 9.17) is 9.26 Å². The molecule has 1 aliphatic rings. The predicted octanol–water partition coefficient (Wildman–Crippen LogP) is 3.54. The van der Waals surface area contributed by atoms with E-state index in [9.17, 15) is 27.5 Å². The van der Waals surface area contributed by atoms with Crippen molar-refractivity contribution in [2.45, 2.75) is 51.2 Å². The molecule has 0 aliphatic carbocycles. The van der Waals surface area contributed by atoms with Crippen LogP contribution in [-0.2, 0) is 21.2 Å². The molecule has 1 aliphatic heterocycles. The predicted molar refractivity (Wildman–Crippen MR) is 157 cm³/mol. The average Bonchev–Trinajstić information content (AvgIpc) is 3.29. The van der Waals surface area contributed by atoms with Crippen LogP contribution in [0.1, 0.15) is 30.9 Å². The number of amides is 3. The van der Waals surface area contributed by atoms with Gasteiger partial charge in [0.1, 0.15) is 29.1 Å². The molecule has 2 heterocycles. The van der Waals surface area contributed by atoms with Crippen LogP contribution >= 0.6 is 0 Å². The molecule has 3 aromatic rings. The molecular formula is C29H36FN5O7S. The Morgan fingerprint density at radius 1 is 1.21 bits per heavy atom. The maximum atomic E-state index is 13.5. The number of likely N-dealkylation sites (N-methyl/N-ethyl adjacent to an activating group) is 1. The van der Waals surface area contributed by atoms with E-state index in [1.165, 1.54) is 19.2 Å². The number of urea groups is 1. The number of aryl methyl sites for hydroxylation is 2. The SMILES string of the molecule is Cc1noc(C)c1NC(=O)Nc1ccc2c(c1)CC(=O)N([C@H](C)CO)C[C@@H](C)[C@@H](CN(C)S(=O)(=O)c1ccc(F)cc1)O2. The lowest BCUT2D eigenvalue weighted by atomic mass is 10.0. The molecule has 1 aromatic heterocycles. The van der Waals surface area contributed by atoms with Crippen LogP contribution in [0.2, 0.25) is 0 Å². The normalized spacial score (nSPS) is 18.2. The monoisotopic (exact) mass is 617 g/mol. The number of fused-ring (bicyclic) bond motifs is 1. The summed E-state index contributed by atoms with van der Waals surface area (Å²) in [5.41, 5.74) is 1.83. The number of aromatic nitrogens is 1. The fraction of sp³-hybridized carbons (Fsp3) is 0.414. The molecule has 0 saturated heterocycles. The molecule has 0 fully saturated rings. The van der Waals surface area contributed by atoms with Crippen molar-refractivity contribution in [3.05, 3.63) is 65.3 Å². The van der Waals surface area contributed by atoms with Crippen LogP contribution in [0, 0.1) is 25.6 Å². The maximum absolute atomic E-state index is 13.5. The zero-order chi connectivity index (χ0) is 31.5. The van der Waals surface area contributed by atoms with Gasteiger partial charge in [0, 0.05) is 30.8 Å². The molecule has 12 nitrogen and oxygen atoms in total. The molecular weight excluding hydrogens is 581 g/mol. The van der Waals surface area contributed by atoms with Crippen molar-refractivity contribution in [1.29, 1.82) is 0 Å². The van der Waals surface area contributed by atoms with Crippen LogP contribution in [0.15, 0.2) is 51.9 Å². The van der Waals surface area contributed by atoms with Crippen molar-refractivity contribution >= 4 is 33.3 Å². The second kappa shape index (κ2) is 13.1. The van der Waals surface area contributed by atoms with Crippen molar-refractivity contribution < 1.29 is 36.8 Å². The number of ether oxygens (including phenoxy) is 1. The minimum atomic E-state index is -3.98. The van der Waals surface area contributed by atoms with Crippen LogP contribution in [0.3, 0.4) is 0 Å². The Kier molecular flexibility index (Phi) is 9.72. The van der Waals surface area contributed by atoms with Crippen molar-refractivity contribution in [3.63, 3.8) is 0 Å². The standard InChI is InChI=1S/C29H36FN5O7S/c1-17-14-35(18(2)16-36)27(37)13-21-12-23(31-29(38)32-28-19(3)33-42-20(28)4)8-11-25(21)41-26(17)15-34(5)43(39,40)24-9-6-22(30)7-10-24/h6-12,17-18,26,36H,13-16H2,1-5H3,(H2,31,32,38)/t17-,18-,26-/m1/s1. The van der Waals surface area contributed by atoms with Crippen LogP contribution in [-0.4, -0.2) is 78.7 Å². The molecule has 0 spiro atoms.